The number of piperidine rings is 1. The molecule has 0 spiro atoms. The predicted molar refractivity (Wildman–Crippen MR) is 110 cm³/mol. The predicted octanol–water partition coefficient (Wildman–Crippen LogP) is 3.75. The molecule has 2 aromatic heterocycles. The molecule has 0 bridgehead atoms. The molecule has 1 fully saturated rings. The van der Waals surface area contributed by atoms with Gasteiger partial charge in [0.1, 0.15) is 17.3 Å². The molecule has 3 heterocycles. The molecule has 0 N–H and O–H groups in total. The summed E-state index contributed by atoms with van der Waals surface area (Å²) in [4.78, 5) is 19.9. The molecular formula is C23H21N5O. The molecule has 0 atom stereocenters. The van der Waals surface area contributed by atoms with Crippen LogP contribution in [0.2, 0.25) is 0 Å². The van der Waals surface area contributed by atoms with Gasteiger partial charge in [0.15, 0.2) is 5.78 Å². The number of carbonyl (C=O) groups excluding carboxylic acids is 1. The standard InChI is InChI=1S/C23H21N5O/c1-16-22(21(29)15-27-11-3-2-4-12-27)23-20(10-7-18(14-25)26-23)28(16)19-8-5-17(13-24)6-9-19/h5-10H,2-4,11-12,15H2,1H3. The summed E-state index contributed by atoms with van der Waals surface area (Å²) in [6.07, 6.45) is 3.46. The summed E-state index contributed by atoms with van der Waals surface area (Å²) in [5.41, 5.74) is 4.45. The van der Waals surface area contributed by atoms with E-state index in [-0.39, 0.29) is 5.78 Å². The van der Waals surface area contributed by atoms with Crippen LogP contribution in [0.15, 0.2) is 36.4 Å². The van der Waals surface area contributed by atoms with E-state index in [1.807, 2.05) is 29.7 Å². The number of hydrogen-bond acceptors (Lipinski definition) is 5. The van der Waals surface area contributed by atoms with Gasteiger partial charge in [0.25, 0.3) is 0 Å². The van der Waals surface area contributed by atoms with Crippen molar-refractivity contribution >= 4 is 16.8 Å². The number of carbonyl (C=O) groups is 1. The molecule has 1 aliphatic rings. The lowest BCUT2D eigenvalue weighted by Crippen LogP contribution is -2.34. The average molecular weight is 383 g/mol. The molecule has 0 radical (unpaired) electrons. The molecule has 6 nitrogen and oxygen atoms in total. The largest absolute Gasteiger partial charge is 0.312 e. The Bertz CT molecular complexity index is 1160. The molecule has 0 amide bonds. The number of pyridine rings is 1. The summed E-state index contributed by atoms with van der Waals surface area (Å²) in [5, 5.41) is 18.4. The first kappa shape index (κ1) is 18.9. The highest BCUT2D eigenvalue weighted by atomic mass is 16.1. The van der Waals surface area contributed by atoms with Crippen molar-refractivity contribution in [1.29, 1.82) is 10.5 Å². The zero-order valence-corrected chi connectivity index (χ0v) is 16.4. The highest BCUT2D eigenvalue weighted by molar-refractivity contribution is 6.09. The molecule has 3 aromatic rings. The van der Waals surface area contributed by atoms with Crippen LogP contribution >= 0.6 is 0 Å². The second-order valence-electron chi connectivity index (χ2n) is 7.39. The minimum atomic E-state index is 0.0318. The van der Waals surface area contributed by atoms with E-state index in [9.17, 15) is 10.1 Å². The Morgan fingerprint density at radius 1 is 1.03 bits per heavy atom. The first-order chi connectivity index (χ1) is 14.1. The summed E-state index contributed by atoms with van der Waals surface area (Å²) >= 11 is 0. The monoisotopic (exact) mass is 383 g/mol. The van der Waals surface area contributed by atoms with Crippen LogP contribution in [-0.2, 0) is 0 Å². The van der Waals surface area contributed by atoms with Crippen LogP contribution in [0.3, 0.4) is 0 Å². The Morgan fingerprint density at radius 2 is 1.76 bits per heavy atom. The lowest BCUT2D eigenvalue weighted by molar-refractivity contribution is 0.0916. The third-order valence-corrected chi connectivity index (χ3v) is 5.51. The van der Waals surface area contributed by atoms with Crippen molar-refractivity contribution < 1.29 is 4.79 Å². The maximum absolute atomic E-state index is 13.3. The van der Waals surface area contributed by atoms with Crippen molar-refractivity contribution in [2.45, 2.75) is 26.2 Å². The number of nitrogens with zero attached hydrogens (tertiary/aromatic N) is 5. The van der Waals surface area contributed by atoms with E-state index in [1.165, 1.54) is 6.42 Å². The number of likely N-dealkylation sites (tertiary alicyclic amines) is 1. The number of benzene rings is 1. The van der Waals surface area contributed by atoms with Gasteiger partial charge >= 0.3 is 0 Å². The van der Waals surface area contributed by atoms with E-state index >= 15 is 0 Å². The van der Waals surface area contributed by atoms with Crippen LogP contribution in [0.25, 0.3) is 16.7 Å². The summed E-state index contributed by atoms with van der Waals surface area (Å²) in [6, 6.07) is 14.9. The highest BCUT2D eigenvalue weighted by Gasteiger charge is 2.24. The van der Waals surface area contributed by atoms with Gasteiger partial charge in [-0.15, -0.1) is 0 Å². The van der Waals surface area contributed by atoms with Gasteiger partial charge in [-0.25, -0.2) is 4.98 Å². The SMILES string of the molecule is Cc1c(C(=O)CN2CCCCC2)c2nc(C#N)ccc2n1-c1ccc(C#N)cc1. The van der Waals surface area contributed by atoms with Crippen LogP contribution < -0.4 is 0 Å². The van der Waals surface area contributed by atoms with Crippen LogP contribution in [0.4, 0.5) is 0 Å². The van der Waals surface area contributed by atoms with E-state index in [2.05, 4.69) is 22.0 Å². The number of Topliss-reactive ketones (excluding diaryl/α,β-unsaturated/α-hetero) is 1. The Morgan fingerprint density at radius 3 is 2.41 bits per heavy atom. The molecule has 1 aliphatic heterocycles. The number of hydrogen-bond donors (Lipinski definition) is 0. The summed E-state index contributed by atoms with van der Waals surface area (Å²) in [7, 11) is 0. The van der Waals surface area contributed by atoms with Gasteiger partial charge < -0.3 is 4.57 Å². The van der Waals surface area contributed by atoms with Crippen LogP contribution in [0.5, 0.6) is 0 Å². The molecule has 1 aromatic carbocycles. The highest BCUT2D eigenvalue weighted by Crippen LogP contribution is 2.29. The molecule has 0 unspecified atom stereocenters. The summed E-state index contributed by atoms with van der Waals surface area (Å²) < 4.78 is 1.98. The molecule has 6 heteroatoms. The van der Waals surface area contributed by atoms with Gasteiger partial charge in [-0.05, 0) is 69.3 Å². The molecule has 29 heavy (non-hydrogen) atoms. The fraction of sp³-hybridized carbons (Fsp3) is 0.304. The fourth-order valence-electron chi connectivity index (χ4n) is 4.09. The van der Waals surface area contributed by atoms with Crippen molar-refractivity contribution in [2.24, 2.45) is 0 Å². The minimum Gasteiger partial charge on any atom is -0.312 e. The Labute approximate surface area is 169 Å². The number of aromatic nitrogens is 2. The van der Waals surface area contributed by atoms with Crippen molar-refractivity contribution in [3.05, 3.63) is 58.9 Å². The Hall–Kier alpha value is -3.48. The normalized spacial score (nSPS) is 14.4. The zero-order chi connectivity index (χ0) is 20.4. The van der Waals surface area contributed by atoms with Gasteiger partial charge in [-0.2, -0.15) is 10.5 Å². The van der Waals surface area contributed by atoms with Crippen LogP contribution in [0, 0.1) is 29.6 Å². The second-order valence-corrected chi connectivity index (χ2v) is 7.39. The summed E-state index contributed by atoms with van der Waals surface area (Å²) in [5.74, 6) is 0.0318. The average Bonchev–Trinajstić information content (AvgIpc) is 3.05. The van der Waals surface area contributed by atoms with Crippen molar-refractivity contribution in [3.63, 3.8) is 0 Å². The second kappa shape index (κ2) is 7.87. The van der Waals surface area contributed by atoms with Crippen LogP contribution in [-0.4, -0.2) is 39.9 Å². The first-order valence-electron chi connectivity index (χ1n) is 9.80. The van der Waals surface area contributed by atoms with Crippen molar-refractivity contribution in [1.82, 2.24) is 14.5 Å². The smallest absolute Gasteiger partial charge is 0.180 e. The zero-order valence-electron chi connectivity index (χ0n) is 16.4. The van der Waals surface area contributed by atoms with E-state index in [1.54, 1.807) is 18.2 Å². The fourth-order valence-corrected chi connectivity index (χ4v) is 4.09. The van der Waals surface area contributed by atoms with E-state index in [0.717, 1.165) is 42.8 Å². The minimum absolute atomic E-state index is 0.0318. The van der Waals surface area contributed by atoms with Gasteiger partial charge in [-0.1, -0.05) is 6.42 Å². The van der Waals surface area contributed by atoms with E-state index < -0.39 is 0 Å². The van der Waals surface area contributed by atoms with E-state index in [4.69, 9.17) is 5.26 Å². The third kappa shape index (κ3) is 3.51. The van der Waals surface area contributed by atoms with Crippen LogP contribution in [0.1, 0.15) is 46.6 Å². The summed E-state index contributed by atoms with van der Waals surface area (Å²) in [6.45, 7) is 4.16. The Kier molecular flexibility index (Phi) is 5.12. The number of rotatable bonds is 4. The van der Waals surface area contributed by atoms with Gasteiger partial charge in [0, 0.05) is 11.4 Å². The van der Waals surface area contributed by atoms with Crippen molar-refractivity contribution in [2.75, 3.05) is 19.6 Å². The lowest BCUT2D eigenvalue weighted by atomic mass is 10.1. The molecule has 0 aliphatic carbocycles. The number of fused-ring (bicyclic) bond motifs is 1. The van der Waals surface area contributed by atoms with Gasteiger partial charge in [-0.3, -0.25) is 9.69 Å². The Balaban J connectivity index is 1.84. The number of ketones is 1. The molecule has 144 valence electrons. The quantitative estimate of drug-likeness (QED) is 0.641. The lowest BCUT2D eigenvalue weighted by Gasteiger charge is -2.25. The maximum Gasteiger partial charge on any atom is 0.180 e. The van der Waals surface area contributed by atoms with Gasteiger partial charge in [0.05, 0.1) is 29.3 Å². The van der Waals surface area contributed by atoms with E-state index in [0.29, 0.717) is 28.9 Å². The van der Waals surface area contributed by atoms with Gasteiger partial charge in [0.2, 0.25) is 0 Å². The third-order valence-electron chi connectivity index (χ3n) is 5.51. The molecule has 4 rings (SSSR count). The molecular weight excluding hydrogens is 362 g/mol. The maximum atomic E-state index is 13.3. The topological polar surface area (TPSA) is 85.7 Å². The first-order valence-corrected chi connectivity index (χ1v) is 9.80. The molecule has 0 saturated carbocycles. The number of nitriles is 2. The molecule has 1 saturated heterocycles. The van der Waals surface area contributed by atoms with Crippen molar-refractivity contribution in [3.8, 4) is 17.8 Å².